The fourth-order valence-corrected chi connectivity index (χ4v) is 1.98. The van der Waals surface area contributed by atoms with Crippen LogP contribution in [0.1, 0.15) is 24.9 Å². The fourth-order valence-electron chi connectivity index (χ4n) is 1.72. The van der Waals surface area contributed by atoms with Gasteiger partial charge in [0.15, 0.2) is 5.90 Å². The largest absolute Gasteiger partial charge is 0.478 e. The Morgan fingerprint density at radius 3 is 3.00 bits per heavy atom. The third-order valence-corrected chi connectivity index (χ3v) is 2.81. The molecule has 4 heteroatoms. The van der Waals surface area contributed by atoms with Gasteiger partial charge in [-0.2, -0.15) is 0 Å². The third kappa shape index (κ3) is 2.54. The minimum atomic E-state index is 0.0162. The summed E-state index contributed by atoms with van der Waals surface area (Å²) >= 11 is 6.11. The van der Waals surface area contributed by atoms with Crippen LogP contribution in [0.2, 0.25) is 5.02 Å². The van der Waals surface area contributed by atoms with Crippen LogP contribution in [0.15, 0.2) is 29.3 Å². The van der Waals surface area contributed by atoms with E-state index in [1.54, 1.807) is 0 Å². The number of halogens is 1. The molecule has 16 heavy (non-hydrogen) atoms. The second-order valence-corrected chi connectivity index (χ2v) is 4.46. The summed E-state index contributed by atoms with van der Waals surface area (Å²) in [6.07, 6.45) is 0.682. The first-order valence-corrected chi connectivity index (χ1v) is 5.74. The Kier molecular flexibility index (Phi) is 3.46. The van der Waals surface area contributed by atoms with E-state index in [9.17, 15) is 0 Å². The molecule has 2 unspecified atom stereocenters. The monoisotopic (exact) mass is 238 g/mol. The van der Waals surface area contributed by atoms with Gasteiger partial charge in [0, 0.05) is 17.5 Å². The van der Waals surface area contributed by atoms with E-state index in [1.165, 1.54) is 0 Å². The van der Waals surface area contributed by atoms with E-state index in [0.717, 1.165) is 16.5 Å². The summed E-state index contributed by atoms with van der Waals surface area (Å²) in [5.41, 5.74) is 6.72. The van der Waals surface area contributed by atoms with Crippen LogP contribution in [0.25, 0.3) is 0 Å². The zero-order valence-corrected chi connectivity index (χ0v) is 9.95. The van der Waals surface area contributed by atoms with Gasteiger partial charge in [0.25, 0.3) is 0 Å². The smallest absolute Gasteiger partial charge is 0.185 e. The van der Waals surface area contributed by atoms with Gasteiger partial charge in [0.2, 0.25) is 0 Å². The van der Waals surface area contributed by atoms with Crippen LogP contribution in [0.4, 0.5) is 0 Å². The van der Waals surface area contributed by atoms with Gasteiger partial charge in [-0.25, -0.2) is 4.99 Å². The molecule has 1 aliphatic rings. The van der Waals surface area contributed by atoms with Crippen LogP contribution >= 0.6 is 11.6 Å². The molecule has 1 heterocycles. The molecule has 1 aromatic rings. The maximum Gasteiger partial charge on any atom is 0.185 e. The molecule has 3 nitrogen and oxygen atoms in total. The lowest BCUT2D eigenvalue weighted by molar-refractivity contribution is 0.310. The second-order valence-electron chi connectivity index (χ2n) is 4.05. The molecule has 0 radical (unpaired) electrons. The topological polar surface area (TPSA) is 47.6 Å². The quantitative estimate of drug-likeness (QED) is 0.880. The lowest BCUT2D eigenvalue weighted by atomic mass is 10.1. The Bertz CT molecular complexity index is 404. The van der Waals surface area contributed by atoms with E-state index in [-0.39, 0.29) is 12.1 Å². The van der Waals surface area contributed by atoms with Crippen molar-refractivity contribution in [2.45, 2.75) is 25.4 Å². The fraction of sp³-hybridized carbons (Fsp3) is 0.417. The molecule has 0 spiro atoms. The minimum absolute atomic E-state index is 0.0162. The highest BCUT2D eigenvalue weighted by Crippen LogP contribution is 2.29. The third-order valence-electron chi connectivity index (χ3n) is 2.47. The lowest BCUT2D eigenvalue weighted by Crippen LogP contribution is -2.19. The number of hydrogen-bond donors (Lipinski definition) is 1. The average molecular weight is 239 g/mol. The molecule has 86 valence electrons. The van der Waals surface area contributed by atoms with Crippen molar-refractivity contribution in [3.05, 3.63) is 34.9 Å². The highest BCUT2D eigenvalue weighted by atomic mass is 35.5. The molecule has 1 aliphatic heterocycles. The van der Waals surface area contributed by atoms with Crippen molar-refractivity contribution in [3.8, 4) is 0 Å². The van der Waals surface area contributed by atoms with Crippen molar-refractivity contribution >= 4 is 17.5 Å². The van der Waals surface area contributed by atoms with Gasteiger partial charge >= 0.3 is 0 Å². The van der Waals surface area contributed by atoms with Crippen LogP contribution in [0.3, 0.4) is 0 Å². The van der Waals surface area contributed by atoms with Crippen molar-refractivity contribution < 1.29 is 4.74 Å². The van der Waals surface area contributed by atoms with Gasteiger partial charge in [-0.3, -0.25) is 0 Å². The Morgan fingerprint density at radius 1 is 1.56 bits per heavy atom. The number of hydrogen-bond acceptors (Lipinski definition) is 3. The average Bonchev–Trinajstić information content (AvgIpc) is 2.66. The minimum Gasteiger partial charge on any atom is -0.478 e. The number of nitrogens with zero attached hydrogens (tertiary/aromatic N) is 1. The highest BCUT2D eigenvalue weighted by Gasteiger charge is 2.22. The molecule has 0 aliphatic carbocycles. The molecule has 0 fully saturated rings. The SMILES string of the molecule is CC(N)CC1=NC(c2ccccc2Cl)CO1. The lowest BCUT2D eigenvalue weighted by Gasteiger charge is -2.06. The molecular weight excluding hydrogens is 224 g/mol. The summed E-state index contributed by atoms with van der Waals surface area (Å²) in [5.74, 6) is 0.736. The zero-order chi connectivity index (χ0) is 11.5. The van der Waals surface area contributed by atoms with Crippen LogP contribution in [-0.2, 0) is 4.74 Å². The first-order valence-electron chi connectivity index (χ1n) is 5.36. The molecule has 0 saturated heterocycles. The summed E-state index contributed by atoms with van der Waals surface area (Å²) in [5, 5.41) is 0.738. The Morgan fingerprint density at radius 2 is 2.31 bits per heavy atom. The predicted molar refractivity (Wildman–Crippen MR) is 65.8 cm³/mol. The number of rotatable bonds is 3. The van der Waals surface area contributed by atoms with Crippen LogP contribution in [-0.4, -0.2) is 18.5 Å². The molecule has 0 amide bonds. The van der Waals surface area contributed by atoms with Gasteiger partial charge in [0.1, 0.15) is 12.6 Å². The van der Waals surface area contributed by atoms with Gasteiger partial charge in [-0.05, 0) is 18.6 Å². The highest BCUT2D eigenvalue weighted by molar-refractivity contribution is 6.31. The van der Waals surface area contributed by atoms with E-state index < -0.39 is 0 Å². The first kappa shape index (κ1) is 11.4. The molecular formula is C12H15ClN2O. The molecule has 2 atom stereocenters. The van der Waals surface area contributed by atoms with Crippen LogP contribution in [0.5, 0.6) is 0 Å². The van der Waals surface area contributed by atoms with Crippen LogP contribution < -0.4 is 5.73 Å². The van der Waals surface area contributed by atoms with Crippen molar-refractivity contribution in [2.75, 3.05) is 6.61 Å². The Hall–Kier alpha value is -1.06. The maximum absolute atomic E-state index is 6.11. The van der Waals surface area contributed by atoms with E-state index in [2.05, 4.69) is 4.99 Å². The second kappa shape index (κ2) is 4.85. The molecule has 1 aromatic carbocycles. The van der Waals surface area contributed by atoms with Crippen molar-refractivity contribution in [2.24, 2.45) is 10.7 Å². The van der Waals surface area contributed by atoms with Crippen molar-refractivity contribution in [1.29, 1.82) is 0 Å². The van der Waals surface area contributed by atoms with Gasteiger partial charge in [0.05, 0.1) is 0 Å². The summed E-state index contributed by atoms with van der Waals surface area (Å²) in [4.78, 5) is 4.49. The molecule has 0 bridgehead atoms. The zero-order valence-electron chi connectivity index (χ0n) is 9.19. The molecule has 0 saturated carbocycles. The number of benzene rings is 1. The van der Waals surface area contributed by atoms with Gasteiger partial charge in [-0.1, -0.05) is 29.8 Å². The Labute approximate surface area is 100 Å². The Balaban J connectivity index is 2.13. The van der Waals surface area contributed by atoms with Gasteiger partial charge in [-0.15, -0.1) is 0 Å². The van der Waals surface area contributed by atoms with E-state index in [0.29, 0.717) is 13.0 Å². The van der Waals surface area contributed by atoms with E-state index in [1.807, 2.05) is 31.2 Å². The standard InChI is InChI=1S/C12H15ClN2O/c1-8(14)6-12-15-11(7-16-12)9-4-2-3-5-10(9)13/h2-5,8,11H,6-7,14H2,1H3. The normalized spacial score (nSPS) is 21.4. The summed E-state index contributed by atoms with van der Waals surface area (Å²) in [7, 11) is 0. The number of ether oxygens (including phenoxy) is 1. The summed E-state index contributed by atoms with van der Waals surface area (Å²) in [6.45, 7) is 2.50. The van der Waals surface area contributed by atoms with E-state index in [4.69, 9.17) is 22.1 Å². The van der Waals surface area contributed by atoms with Crippen molar-refractivity contribution in [3.63, 3.8) is 0 Å². The molecule has 0 aromatic heterocycles. The first-order chi connectivity index (χ1) is 7.66. The molecule has 2 N–H and O–H groups in total. The summed E-state index contributed by atoms with van der Waals surface area (Å²) in [6, 6.07) is 7.81. The van der Waals surface area contributed by atoms with E-state index >= 15 is 0 Å². The van der Waals surface area contributed by atoms with Crippen LogP contribution in [0, 0.1) is 0 Å². The molecule has 2 rings (SSSR count). The number of aliphatic imine (C=N–C) groups is 1. The predicted octanol–water partition coefficient (Wildman–Crippen LogP) is 2.55. The number of nitrogens with two attached hydrogens (primary N) is 1. The van der Waals surface area contributed by atoms with Gasteiger partial charge < -0.3 is 10.5 Å². The summed E-state index contributed by atoms with van der Waals surface area (Å²) < 4.78 is 5.50. The maximum atomic E-state index is 6.11. The van der Waals surface area contributed by atoms with Crippen molar-refractivity contribution in [1.82, 2.24) is 0 Å².